The van der Waals surface area contributed by atoms with Crippen LogP contribution < -0.4 is 11.2 Å². The monoisotopic (exact) mass is 178 g/mol. The quantitative estimate of drug-likeness (QED) is 0.602. The van der Waals surface area contributed by atoms with E-state index in [9.17, 15) is 9.59 Å². The van der Waals surface area contributed by atoms with Gasteiger partial charge in [0.2, 0.25) is 0 Å². The molecule has 0 bridgehead atoms. The Labute approximate surface area is 76.3 Å². The van der Waals surface area contributed by atoms with Crippen LogP contribution in [0.25, 0.3) is 0 Å². The molecule has 0 aromatic carbocycles. The van der Waals surface area contributed by atoms with Gasteiger partial charge >= 0.3 is 75.5 Å². The average molecular weight is 178 g/mol. The van der Waals surface area contributed by atoms with E-state index in [4.69, 9.17) is 0 Å². The first-order valence-corrected chi connectivity index (χ1v) is 3.99. The van der Waals surface area contributed by atoms with Crippen LogP contribution in [0.3, 0.4) is 0 Å². The summed E-state index contributed by atoms with van der Waals surface area (Å²) >= 11 is 0. The Kier molecular flexibility index (Phi) is 2.65. The van der Waals surface area contributed by atoms with Gasteiger partial charge in [-0.3, -0.25) is 0 Å². The predicted molar refractivity (Wildman–Crippen MR) is 53.9 cm³/mol. The van der Waals surface area contributed by atoms with E-state index in [-0.39, 0.29) is 11.6 Å². The summed E-state index contributed by atoms with van der Waals surface area (Å²) < 4.78 is 1.43. The first-order valence-electron chi connectivity index (χ1n) is 3.99. The van der Waals surface area contributed by atoms with E-state index in [0.29, 0.717) is 0 Å². The molecule has 1 atom stereocenters. The summed E-state index contributed by atoms with van der Waals surface area (Å²) in [5.41, 5.74) is 0.0901. The van der Waals surface area contributed by atoms with Gasteiger partial charge in [0.25, 0.3) is 0 Å². The molecule has 0 spiro atoms. The van der Waals surface area contributed by atoms with Gasteiger partial charge in [-0.05, 0) is 0 Å². The zero-order valence-electron chi connectivity index (χ0n) is 7.70. The second-order valence-corrected chi connectivity index (χ2v) is 3.04. The fourth-order valence-corrected chi connectivity index (χ4v) is 0.970. The fourth-order valence-electron chi connectivity index (χ4n) is 0.970. The summed E-state index contributed by atoms with van der Waals surface area (Å²) in [6, 6.07) is 1.23. The van der Waals surface area contributed by atoms with E-state index in [0.717, 1.165) is 5.46 Å². The standard InChI is InChI=1S/C8H11BN2O2/c1-5(9)6(2)11-4-3-7(12)10-8(11)13/h3-4,6,9H,1-2H3,(H,10,12,13). The minimum atomic E-state index is -0.400. The van der Waals surface area contributed by atoms with Gasteiger partial charge in [0.1, 0.15) is 0 Å². The SMILES string of the molecule is B=C(C)C(C)n1ccc(=O)[nH]c1=O. The van der Waals surface area contributed by atoms with Gasteiger partial charge < -0.3 is 0 Å². The third-order valence-corrected chi connectivity index (χ3v) is 1.98. The maximum absolute atomic E-state index is 11.3. The average Bonchev–Trinajstić information content (AvgIpc) is 2.03. The first-order chi connectivity index (χ1) is 6.02. The van der Waals surface area contributed by atoms with Gasteiger partial charge in [-0.15, -0.1) is 0 Å². The Morgan fingerprint density at radius 1 is 1.62 bits per heavy atom. The molecule has 0 radical (unpaired) electrons. The molecule has 0 aliphatic heterocycles. The Hall–Kier alpha value is -1.39. The normalized spacial score (nSPS) is 12.4. The van der Waals surface area contributed by atoms with Crippen molar-refractivity contribution in [3.63, 3.8) is 0 Å². The molecule has 1 heterocycles. The van der Waals surface area contributed by atoms with Crippen molar-refractivity contribution in [1.82, 2.24) is 9.55 Å². The summed E-state index contributed by atoms with van der Waals surface area (Å²) in [7, 11) is 3.74. The topological polar surface area (TPSA) is 54.9 Å². The summed E-state index contributed by atoms with van der Waals surface area (Å²) in [5, 5.41) is 0. The molecule has 68 valence electrons. The number of aromatic amines is 1. The predicted octanol–water partition coefficient (Wildman–Crippen LogP) is -0.809. The summed E-state index contributed by atoms with van der Waals surface area (Å²) in [5.74, 6) is 0. The van der Waals surface area contributed by atoms with Crippen molar-refractivity contribution >= 4 is 13.0 Å². The molecule has 1 aromatic rings. The van der Waals surface area contributed by atoms with Crippen molar-refractivity contribution in [2.75, 3.05) is 0 Å². The number of rotatable bonds is 2. The first kappa shape index (κ1) is 9.70. The molecule has 0 saturated carbocycles. The molecule has 1 aromatic heterocycles. The molecule has 0 saturated heterocycles. The Balaban J connectivity index is 3.24. The van der Waals surface area contributed by atoms with Crippen molar-refractivity contribution in [2.45, 2.75) is 19.9 Å². The van der Waals surface area contributed by atoms with Crippen molar-refractivity contribution in [1.29, 1.82) is 0 Å². The molecule has 13 heavy (non-hydrogen) atoms. The van der Waals surface area contributed by atoms with Crippen LogP contribution in [0.2, 0.25) is 0 Å². The molecule has 1 N–H and O–H groups in total. The third-order valence-electron chi connectivity index (χ3n) is 1.98. The van der Waals surface area contributed by atoms with E-state index < -0.39 is 5.69 Å². The van der Waals surface area contributed by atoms with Crippen LogP contribution in [0.4, 0.5) is 0 Å². The number of hydrogen-bond acceptors (Lipinski definition) is 2. The summed E-state index contributed by atoms with van der Waals surface area (Å²) in [6.07, 6.45) is 1.47. The minimum absolute atomic E-state index is 0.0932. The van der Waals surface area contributed by atoms with Gasteiger partial charge in [-0.1, -0.05) is 0 Å². The molecule has 0 aliphatic carbocycles. The van der Waals surface area contributed by atoms with Crippen LogP contribution in [0.1, 0.15) is 19.9 Å². The molecule has 0 aliphatic rings. The van der Waals surface area contributed by atoms with Crippen molar-refractivity contribution < 1.29 is 0 Å². The van der Waals surface area contributed by atoms with Crippen LogP contribution in [-0.4, -0.2) is 22.5 Å². The molecule has 1 rings (SSSR count). The van der Waals surface area contributed by atoms with Crippen LogP contribution in [0, 0.1) is 0 Å². The second-order valence-electron chi connectivity index (χ2n) is 3.04. The molecule has 0 fully saturated rings. The van der Waals surface area contributed by atoms with E-state index >= 15 is 0 Å². The zero-order chi connectivity index (χ0) is 10.0. The van der Waals surface area contributed by atoms with Gasteiger partial charge in [-0.25, -0.2) is 0 Å². The molecule has 0 amide bonds. The maximum atomic E-state index is 11.3. The molecular formula is C8H11BN2O2. The molecule has 4 nitrogen and oxygen atoms in total. The van der Waals surface area contributed by atoms with Crippen molar-refractivity contribution in [2.24, 2.45) is 0 Å². The van der Waals surface area contributed by atoms with E-state index in [2.05, 4.69) is 12.5 Å². The van der Waals surface area contributed by atoms with Crippen LogP contribution >= 0.6 is 0 Å². The fraction of sp³-hybridized carbons (Fsp3) is 0.375. The Bertz CT molecular complexity index is 432. The molecule has 1 unspecified atom stereocenters. The number of hydrogen-bond donors (Lipinski definition) is 1. The Morgan fingerprint density at radius 2 is 2.23 bits per heavy atom. The van der Waals surface area contributed by atoms with Gasteiger partial charge in [-0.2, -0.15) is 0 Å². The second kappa shape index (κ2) is 3.55. The number of nitrogens with zero attached hydrogens (tertiary/aromatic N) is 1. The van der Waals surface area contributed by atoms with Crippen molar-refractivity contribution in [3.8, 4) is 0 Å². The van der Waals surface area contributed by atoms with E-state index in [1.54, 1.807) is 0 Å². The van der Waals surface area contributed by atoms with Crippen LogP contribution in [0.5, 0.6) is 0 Å². The van der Waals surface area contributed by atoms with Gasteiger partial charge in [0, 0.05) is 0 Å². The number of H-pyrrole nitrogens is 1. The van der Waals surface area contributed by atoms with Gasteiger partial charge in [0.15, 0.2) is 0 Å². The van der Waals surface area contributed by atoms with E-state index in [1.807, 2.05) is 13.8 Å². The Morgan fingerprint density at radius 3 is 2.69 bits per heavy atom. The van der Waals surface area contributed by atoms with Crippen LogP contribution in [-0.2, 0) is 0 Å². The van der Waals surface area contributed by atoms with Gasteiger partial charge in [0.05, 0.1) is 0 Å². The molecular weight excluding hydrogens is 167 g/mol. The van der Waals surface area contributed by atoms with E-state index in [1.165, 1.54) is 16.8 Å². The van der Waals surface area contributed by atoms with Crippen molar-refractivity contribution in [3.05, 3.63) is 33.1 Å². The molecule has 5 heteroatoms. The number of nitrogens with one attached hydrogen (secondary N) is 1. The summed E-state index contributed by atoms with van der Waals surface area (Å²) in [6.45, 7) is 3.68. The summed E-state index contributed by atoms with van der Waals surface area (Å²) in [4.78, 5) is 24.2. The number of aromatic nitrogens is 2. The zero-order valence-corrected chi connectivity index (χ0v) is 7.70. The van der Waals surface area contributed by atoms with Crippen LogP contribution in [0.15, 0.2) is 21.9 Å². The third kappa shape index (κ3) is 2.05.